The molecule has 0 unspecified atom stereocenters. The highest BCUT2D eigenvalue weighted by Crippen LogP contribution is 2.19. The molecule has 0 aromatic heterocycles. The van der Waals surface area contributed by atoms with Crippen LogP contribution in [0.1, 0.15) is 0 Å². The van der Waals surface area contributed by atoms with Crippen molar-refractivity contribution in [1.29, 1.82) is 0 Å². The zero-order chi connectivity index (χ0) is 8.43. The first kappa shape index (κ1) is 8.89. The number of nitrogens with two attached hydrogens (primary N) is 1. The molecule has 0 bridgehead atoms. The van der Waals surface area contributed by atoms with Crippen LogP contribution in [-0.4, -0.2) is 52.9 Å². The van der Waals surface area contributed by atoms with E-state index in [1.165, 1.54) is 0 Å². The minimum Gasteiger partial charge on any atom is -0.394 e. The fraction of sp³-hybridized carbons (Fsp3) is 1.00. The summed E-state index contributed by atoms with van der Waals surface area (Å²) < 4.78 is 5.01. The van der Waals surface area contributed by atoms with Crippen molar-refractivity contribution in [3.8, 4) is 0 Å². The molecule has 1 aliphatic heterocycles. The molecule has 5 heteroatoms. The number of ether oxygens (including phenoxy) is 1. The Hall–Kier alpha value is -0.200. The normalized spacial score (nSPS) is 44.7. The minimum absolute atomic E-state index is 0.148. The Balaban J connectivity index is 2.53. The number of hydrogen-bond donors (Lipinski definition) is 4. The molecule has 1 fully saturated rings. The monoisotopic (exact) mass is 163 g/mol. The summed E-state index contributed by atoms with van der Waals surface area (Å²) in [7, 11) is 0. The molecule has 4 atom stereocenters. The Morgan fingerprint density at radius 3 is 2.00 bits per heavy atom. The van der Waals surface area contributed by atoms with E-state index >= 15 is 0 Å². The fourth-order valence-electron chi connectivity index (χ4n) is 1.17. The van der Waals surface area contributed by atoms with Gasteiger partial charge in [-0.15, -0.1) is 0 Å². The van der Waals surface area contributed by atoms with E-state index in [2.05, 4.69) is 0 Å². The summed E-state index contributed by atoms with van der Waals surface area (Å²) in [5, 5.41) is 27.0. The second kappa shape index (κ2) is 3.46. The molecule has 5 N–H and O–H groups in total. The highest BCUT2D eigenvalue weighted by molar-refractivity contribution is 4.90. The van der Waals surface area contributed by atoms with Crippen molar-refractivity contribution >= 4 is 0 Å². The van der Waals surface area contributed by atoms with E-state index in [9.17, 15) is 5.11 Å². The van der Waals surface area contributed by atoms with Gasteiger partial charge in [-0.2, -0.15) is 0 Å². The predicted molar refractivity (Wildman–Crippen MR) is 36.8 cm³/mol. The first-order valence-electron chi connectivity index (χ1n) is 3.53. The van der Waals surface area contributed by atoms with Gasteiger partial charge in [-0.3, -0.25) is 0 Å². The summed E-state index contributed by atoms with van der Waals surface area (Å²) in [6, 6.07) is 0. The van der Waals surface area contributed by atoms with E-state index < -0.39 is 24.4 Å². The zero-order valence-corrected chi connectivity index (χ0v) is 6.05. The van der Waals surface area contributed by atoms with Crippen LogP contribution in [0.3, 0.4) is 0 Å². The van der Waals surface area contributed by atoms with Crippen molar-refractivity contribution in [2.45, 2.75) is 24.4 Å². The molecular weight excluding hydrogens is 150 g/mol. The highest BCUT2D eigenvalue weighted by Gasteiger charge is 2.41. The molecule has 66 valence electrons. The van der Waals surface area contributed by atoms with Crippen molar-refractivity contribution in [3.05, 3.63) is 0 Å². The van der Waals surface area contributed by atoms with E-state index in [0.717, 1.165) is 0 Å². The number of hydrogen-bond acceptors (Lipinski definition) is 5. The smallest absolute Gasteiger partial charge is 0.111 e. The first-order chi connectivity index (χ1) is 5.20. The van der Waals surface area contributed by atoms with Crippen molar-refractivity contribution < 1.29 is 20.1 Å². The van der Waals surface area contributed by atoms with Crippen LogP contribution in [0.2, 0.25) is 0 Å². The molecule has 0 saturated carbocycles. The van der Waals surface area contributed by atoms with Crippen LogP contribution >= 0.6 is 0 Å². The summed E-state index contributed by atoms with van der Waals surface area (Å²) in [6.45, 7) is -0.149. The molecule has 1 aliphatic rings. The maximum atomic E-state index is 9.19. The Kier molecular flexibility index (Phi) is 2.80. The molecule has 1 saturated heterocycles. The SMILES string of the molecule is NC[C@H]1O[C@H](CO)[C@@H](O)[C@@H]1O. The van der Waals surface area contributed by atoms with E-state index in [4.69, 9.17) is 20.7 Å². The van der Waals surface area contributed by atoms with Crippen LogP contribution in [0.4, 0.5) is 0 Å². The van der Waals surface area contributed by atoms with Gasteiger partial charge >= 0.3 is 0 Å². The largest absolute Gasteiger partial charge is 0.394 e. The van der Waals surface area contributed by atoms with Crippen molar-refractivity contribution in [2.24, 2.45) is 5.73 Å². The van der Waals surface area contributed by atoms with Crippen LogP contribution in [0.15, 0.2) is 0 Å². The molecule has 0 aromatic carbocycles. The molecule has 1 rings (SSSR count). The zero-order valence-electron chi connectivity index (χ0n) is 6.05. The van der Waals surface area contributed by atoms with Crippen molar-refractivity contribution in [1.82, 2.24) is 0 Å². The van der Waals surface area contributed by atoms with E-state index in [-0.39, 0.29) is 13.2 Å². The molecular formula is C6H13NO4. The third-order valence-corrected chi connectivity index (χ3v) is 1.87. The van der Waals surface area contributed by atoms with E-state index in [1.54, 1.807) is 0 Å². The Morgan fingerprint density at radius 2 is 1.73 bits per heavy atom. The van der Waals surface area contributed by atoms with Crippen molar-refractivity contribution in [3.63, 3.8) is 0 Å². The lowest BCUT2D eigenvalue weighted by Gasteiger charge is -2.11. The van der Waals surface area contributed by atoms with Gasteiger partial charge in [0.1, 0.15) is 18.3 Å². The van der Waals surface area contributed by atoms with Crippen LogP contribution < -0.4 is 5.73 Å². The quantitative estimate of drug-likeness (QED) is 0.359. The Labute approximate surface area is 64.4 Å². The standard InChI is InChI=1S/C6H13NO4/c7-1-3-5(9)6(10)4(2-8)11-3/h3-6,8-10H,1-2,7H2/t3-,4-,5-,6-/m1/s1. The van der Waals surface area contributed by atoms with Gasteiger partial charge in [-0.25, -0.2) is 0 Å². The van der Waals surface area contributed by atoms with Gasteiger partial charge in [-0.05, 0) is 0 Å². The molecule has 0 aromatic rings. The number of aliphatic hydroxyl groups excluding tert-OH is 3. The molecule has 5 nitrogen and oxygen atoms in total. The summed E-state index contributed by atoms with van der Waals surface area (Å²) in [4.78, 5) is 0. The Bertz CT molecular complexity index is 114. The fourth-order valence-corrected chi connectivity index (χ4v) is 1.17. The molecule has 0 radical (unpaired) electrons. The summed E-state index contributed by atoms with van der Waals surface area (Å²) in [5.74, 6) is 0. The maximum Gasteiger partial charge on any atom is 0.111 e. The van der Waals surface area contributed by atoms with Crippen LogP contribution in [-0.2, 0) is 4.74 Å². The molecule has 0 amide bonds. The summed E-state index contributed by atoms with van der Waals surface area (Å²) in [6.07, 6.45) is -3.24. The number of rotatable bonds is 2. The lowest BCUT2D eigenvalue weighted by Crippen LogP contribution is -2.36. The predicted octanol–water partition coefficient (Wildman–Crippen LogP) is -2.57. The number of aliphatic hydroxyl groups is 3. The van der Waals surface area contributed by atoms with E-state index in [1.807, 2.05) is 0 Å². The second-order valence-corrected chi connectivity index (χ2v) is 2.61. The third kappa shape index (κ3) is 1.52. The molecule has 1 heterocycles. The average molecular weight is 163 g/mol. The molecule has 11 heavy (non-hydrogen) atoms. The first-order valence-corrected chi connectivity index (χ1v) is 3.53. The highest BCUT2D eigenvalue weighted by atomic mass is 16.6. The van der Waals surface area contributed by atoms with Gasteiger partial charge in [0.05, 0.1) is 12.7 Å². The van der Waals surface area contributed by atoms with Gasteiger partial charge in [-0.1, -0.05) is 0 Å². The van der Waals surface area contributed by atoms with Gasteiger partial charge in [0.15, 0.2) is 0 Å². The maximum absolute atomic E-state index is 9.19. The topological polar surface area (TPSA) is 95.9 Å². The summed E-state index contributed by atoms with van der Waals surface area (Å²) >= 11 is 0. The lowest BCUT2D eigenvalue weighted by atomic mass is 10.1. The average Bonchev–Trinajstić information content (AvgIpc) is 2.30. The minimum atomic E-state index is -1.02. The van der Waals surface area contributed by atoms with Gasteiger partial charge in [0.25, 0.3) is 0 Å². The van der Waals surface area contributed by atoms with Crippen LogP contribution in [0.25, 0.3) is 0 Å². The van der Waals surface area contributed by atoms with Gasteiger partial charge < -0.3 is 25.8 Å². The summed E-state index contributed by atoms with van der Waals surface area (Å²) in [5.41, 5.74) is 5.23. The Morgan fingerprint density at radius 1 is 1.18 bits per heavy atom. The van der Waals surface area contributed by atoms with E-state index in [0.29, 0.717) is 0 Å². The van der Waals surface area contributed by atoms with Gasteiger partial charge in [0, 0.05) is 6.54 Å². The van der Waals surface area contributed by atoms with Crippen LogP contribution in [0.5, 0.6) is 0 Å². The second-order valence-electron chi connectivity index (χ2n) is 2.61. The lowest BCUT2D eigenvalue weighted by molar-refractivity contribution is -0.0193. The third-order valence-electron chi connectivity index (χ3n) is 1.87. The molecule has 0 spiro atoms. The van der Waals surface area contributed by atoms with Crippen molar-refractivity contribution in [2.75, 3.05) is 13.2 Å². The van der Waals surface area contributed by atoms with Crippen LogP contribution in [0, 0.1) is 0 Å². The molecule has 0 aliphatic carbocycles. The van der Waals surface area contributed by atoms with Gasteiger partial charge in [0.2, 0.25) is 0 Å².